The summed E-state index contributed by atoms with van der Waals surface area (Å²) in [5.41, 5.74) is -1.01. The van der Waals surface area contributed by atoms with E-state index < -0.39 is 22.2 Å². The molecule has 0 aliphatic carbocycles. The lowest BCUT2D eigenvalue weighted by atomic mass is 9.95. The summed E-state index contributed by atoms with van der Waals surface area (Å²) in [5.74, 6) is 0.856. The van der Waals surface area contributed by atoms with Gasteiger partial charge in [0.15, 0.2) is 33.8 Å². The third-order valence-corrected chi connectivity index (χ3v) is 6.58. The normalized spacial score (nSPS) is 16.6. The van der Waals surface area contributed by atoms with Crippen LogP contribution in [0.2, 0.25) is 39.3 Å². The van der Waals surface area contributed by atoms with E-state index in [1.165, 1.54) is 0 Å². The molecule has 1 rings (SSSR count). The number of hydrogen-bond acceptors (Lipinski definition) is 6. The van der Waals surface area contributed by atoms with Gasteiger partial charge in [-0.05, 0) is 79.8 Å². The van der Waals surface area contributed by atoms with Gasteiger partial charge < -0.3 is 13.6 Å². The fourth-order valence-electron chi connectivity index (χ4n) is 3.27. The van der Waals surface area contributed by atoms with Crippen LogP contribution in [0.1, 0.15) is 64.4 Å². The van der Waals surface area contributed by atoms with Crippen LogP contribution in [0.5, 0.6) is 0 Å². The zero-order chi connectivity index (χ0) is 23.3. The van der Waals surface area contributed by atoms with Gasteiger partial charge in [-0.15, -0.1) is 6.58 Å². The quantitative estimate of drug-likeness (QED) is 0.240. The molecule has 0 aliphatic heterocycles. The molecule has 0 spiro atoms. The molecule has 1 unspecified atom stereocenters. The first kappa shape index (κ1) is 26.7. The van der Waals surface area contributed by atoms with Crippen molar-refractivity contribution in [3.8, 4) is 0 Å². The molecule has 0 fully saturated rings. The summed E-state index contributed by atoms with van der Waals surface area (Å²) < 4.78 is 19.7. The molecular formula is C21H41N3O4Si2. The Morgan fingerprint density at radius 1 is 1.13 bits per heavy atom. The minimum Gasteiger partial charge on any atom is -0.464 e. The highest BCUT2D eigenvalue weighted by atomic mass is 28.4. The van der Waals surface area contributed by atoms with Crippen molar-refractivity contribution < 1.29 is 18.4 Å². The smallest absolute Gasteiger partial charge is 0.333 e. The zero-order valence-corrected chi connectivity index (χ0v) is 22.5. The molecule has 0 saturated carbocycles. The molecule has 7 nitrogen and oxygen atoms in total. The molecule has 1 heterocycles. The average molecular weight is 456 g/mol. The molecule has 0 saturated heterocycles. The Morgan fingerprint density at radius 3 is 2.13 bits per heavy atom. The Hall–Kier alpha value is -1.30. The van der Waals surface area contributed by atoms with Crippen molar-refractivity contribution in [3.63, 3.8) is 0 Å². The number of nitrogens with zero attached hydrogens (tertiary/aromatic N) is 3. The number of aromatic nitrogens is 3. The Kier molecular flexibility index (Phi) is 9.22. The highest BCUT2D eigenvalue weighted by Crippen LogP contribution is 2.32. The van der Waals surface area contributed by atoms with E-state index in [0.29, 0.717) is 31.1 Å². The summed E-state index contributed by atoms with van der Waals surface area (Å²) in [5, 5.41) is 4.78. The molecule has 30 heavy (non-hydrogen) atoms. The molecule has 3 atom stereocenters. The lowest BCUT2D eigenvalue weighted by Gasteiger charge is -2.31. The largest absolute Gasteiger partial charge is 0.464 e. The standard InChI is InChI=1S/C21H41N3O4Si2/c1-12-14-15-21(5,20(25)26-13-2)24-19(17(4)28-30(9,10)11)22-18(23-24)16(3)27-29(6,7)8/h12,16-17H,1,13-15H2,2-11H3/t16-,17-,21?/m0/s1. The molecule has 0 aromatic carbocycles. The second-order valence-corrected chi connectivity index (χ2v) is 18.7. The van der Waals surface area contributed by atoms with Gasteiger partial charge in [0.2, 0.25) is 0 Å². The Morgan fingerprint density at radius 2 is 1.67 bits per heavy atom. The minimum absolute atomic E-state index is 0.276. The maximum Gasteiger partial charge on any atom is 0.333 e. The Bertz CT molecular complexity index is 725. The number of rotatable bonds is 12. The first-order valence-electron chi connectivity index (χ1n) is 10.8. The third-order valence-electron chi connectivity index (χ3n) is 4.45. The molecule has 1 aromatic rings. The lowest BCUT2D eigenvalue weighted by molar-refractivity contribution is -0.154. The maximum atomic E-state index is 13.0. The van der Waals surface area contributed by atoms with Gasteiger partial charge in [-0.25, -0.2) is 14.5 Å². The van der Waals surface area contributed by atoms with Gasteiger partial charge in [-0.2, -0.15) is 5.10 Å². The summed E-state index contributed by atoms with van der Waals surface area (Å²) in [6.07, 6.45) is 2.37. The minimum atomic E-state index is -1.85. The lowest BCUT2D eigenvalue weighted by Crippen LogP contribution is -2.43. The van der Waals surface area contributed by atoms with E-state index in [0.717, 1.165) is 0 Å². The van der Waals surface area contributed by atoms with Crippen molar-refractivity contribution in [1.82, 2.24) is 14.8 Å². The number of esters is 1. The van der Waals surface area contributed by atoms with Crippen molar-refractivity contribution in [2.24, 2.45) is 0 Å². The second kappa shape index (κ2) is 10.3. The van der Waals surface area contributed by atoms with Crippen LogP contribution in [0.15, 0.2) is 12.7 Å². The summed E-state index contributed by atoms with van der Waals surface area (Å²) >= 11 is 0. The number of hydrogen-bond donors (Lipinski definition) is 0. The average Bonchev–Trinajstić information content (AvgIpc) is 3.03. The van der Waals surface area contributed by atoms with Crippen LogP contribution in [0.4, 0.5) is 0 Å². The van der Waals surface area contributed by atoms with Gasteiger partial charge >= 0.3 is 5.97 Å². The van der Waals surface area contributed by atoms with Crippen molar-refractivity contribution in [1.29, 1.82) is 0 Å². The second-order valence-electron chi connectivity index (χ2n) is 9.81. The van der Waals surface area contributed by atoms with Crippen LogP contribution in [0, 0.1) is 0 Å². The van der Waals surface area contributed by atoms with Crippen LogP contribution in [0.25, 0.3) is 0 Å². The van der Waals surface area contributed by atoms with E-state index in [2.05, 4.69) is 45.9 Å². The molecule has 0 amide bonds. The third kappa shape index (κ3) is 7.44. The van der Waals surface area contributed by atoms with Crippen LogP contribution >= 0.6 is 0 Å². The van der Waals surface area contributed by atoms with Crippen molar-refractivity contribution in [2.75, 3.05) is 6.61 Å². The maximum absolute atomic E-state index is 13.0. The molecule has 9 heteroatoms. The zero-order valence-electron chi connectivity index (χ0n) is 20.5. The van der Waals surface area contributed by atoms with E-state index in [4.69, 9.17) is 23.7 Å². The van der Waals surface area contributed by atoms with Crippen molar-refractivity contribution in [3.05, 3.63) is 24.3 Å². The molecule has 0 radical (unpaired) electrons. The Balaban J connectivity index is 3.56. The predicted octanol–water partition coefficient (Wildman–Crippen LogP) is 5.35. The summed E-state index contributed by atoms with van der Waals surface area (Å²) in [6, 6.07) is 0. The van der Waals surface area contributed by atoms with Gasteiger partial charge in [0.05, 0.1) is 6.61 Å². The van der Waals surface area contributed by atoms with Gasteiger partial charge in [0.25, 0.3) is 0 Å². The van der Waals surface area contributed by atoms with Gasteiger partial charge in [0, 0.05) is 0 Å². The van der Waals surface area contributed by atoms with Crippen LogP contribution in [0.3, 0.4) is 0 Å². The van der Waals surface area contributed by atoms with E-state index in [1.54, 1.807) is 17.7 Å². The monoisotopic (exact) mass is 455 g/mol. The number of carbonyl (C=O) groups excluding carboxylic acids is 1. The van der Waals surface area contributed by atoms with Crippen molar-refractivity contribution in [2.45, 2.75) is 97.6 Å². The van der Waals surface area contributed by atoms with Crippen LogP contribution < -0.4 is 0 Å². The van der Waals surface area contributed by atoms with Crippen molar-refractivity contribution >= 4 is 22.6 Å². The molecular weight excluding hydrogens is 414 g/mol. The number of allylic oxidation sites excluding steroid dienone is 1. The molecule has 1 aromatic heterocycles. The van der Waals surface area contributed by atoms with Crippen LogP contribution in [-0.4, -0.2) is 44.0 Å². The molecule has 172 valence electrons. The summed E-state index contributed by atoms with van der Waals surface area (Å²) in [6.45, 7) is 24.5. The van der Waals surface area contributed by atoms with Gasteiger partial charge in [-0.1, -0.05) is 6.08 Å². The molecule has 0 aliphatic rings. The number of carbonyl (C=O) groups is 1. The Labute approximate surface area is 184 Å². The summed E-state index contributed by atoms with van der Waals surface area (Å²) in [4.78, 5) is 17.8. The van der Waals surface area contributed by atoms with E-state index in [9.17, 15) is 4.79 Å². The molecule has 0 N–H and O–H groups in total. The first-order chi connectivity index (χ1) is 13.6. The number of ether oxygens (including phenoxy) is 1. The molecule has 0 bridgehead atoms. The highest BCUT2D eigenvalue weighted by Gasteiger charge is 2.41. The highest BCUT2D eigenvalue weighted by molar-refractivity contribution is 6.70. The fraction of sp³-hybridized carbons (Fsp3) is 0.762. The van der Waals surface area contributed by atoms with E-state index >= 15 is 0 Å². The predicted molar refractivity (Wildman–Crippen MR) is 125 cm³/mol. The van der Waals surface area contributed by atoms with Gasteiger partial charge in [0.1, 0.15) is 12.2 Å². The summed E-state index contributed by atoms with van der Waals surface area (Å²) in [7, 11) is -3.64. The van der Waals surface area contributed by atoms with E-state index in [1.807, 2.05) is 20.8 Å². The van der Waals surface area contributed by atoms with Gasteiger partial charge in [-0.3, -0.25) is 0 Å². The fourth-order valence-corrected chi connectivity index (χ4v) is 5.60. The van der Waals surface area contributed by atoms with E-state index in [-0.39, 0.29) is 18.2 Å². The topological polar surface area (TPSA) is 75.5 Å². The first-order valence-corrected chi connectivity index (χ1v) is 17.6. The SMILES string of the molecule is C=CCCC(C)(C(=O)OCC)n1nc([C@H](C)O[Si](C)(C)C)nc1[C@H](C)O[Si](C)(C)C. The van der Waals surface area contributed by atoms with Crippen LogP contribution in [-0.2, 0) is 23.9 Å².